The molecule has 2 rings (SSSR count). The Morgan fingerprint density at radius 3 is 2.52 bits per heavy atom. The Morgan fingerprint density at radius 1 is 1.24 bits per heavy atom. The topological polar surface area (TPSA) is 65.5 Å². The number of aliphatic imine (C=N–C) groups is 1. The summed E-state index contributed by atoms with van der Waals surface area (Å²) in [7, 11) is 1.70. The first-order chi connectivity index (χ1) is 11.4. The fraction of sp³-hybridized carbons (Fsp3) is 0.556. The summed E-state index contributed by atoms with van der Waals surface area (Å²) in [6.07, 6.45) is 2.02. The van der Waals surface area contributed by atoms with Gasteiger partial charge in [0.25, 0.3) is 0 Å². The van der Waals surface area contributed by atoms with Crippen molar-refractivity contribution >= 4 is 35.8 Å². The number of carbonyl (C=O) groups excluding carboxylic acids is 1. The second-order valence-electron chi connectivity index (χ2n) is 6.81. The predicted molar refractivity (Wildman–Crippen MR) is 110 cm³/mol. The lowest BCUT2D eigenvalue weighted by atomic mass is 9.84. The molecule has 1 aliphatic carbocycles. The summed E-state index contributed by atoms with van der Waals surface area (Å²) >= 11 is 0. The molecule has 1 aromatic rings. The van der Waals surface area contributed by atoms with Crippen LogP contribution in [0, 0.1) is 11.7 Å². The van der Waals surface area contributed by atoms with Gasteiger partial charge >= 0.3 is 0 Å². The van der Waals surface area contributed by atoms with E-state index in [1.165, 1.54) is 6.07 Å². The minimum Gasteiger partial charge on any atom is -0.356 e. The zero-order valence-electron chi connectivity index (χ0n) is 15.1. The van der Waals surface area contributed by atoms with E-state index in [1.54, 1.807) is 19.2 Å². The van der Waals surface area contributed by atoms with Crippen molar-refractivity contribution in [1.82, 2.24) is 16.0 Å². The fourth-order valence-corrected chi connectivity index (χ4v) is 2.39. The van der Waals surface area contributed by atoms with Gasteiger partial charge in [0.2, 0.25) is 5.91 Å². The molecule has 0 aliphatic heterocycles. The molecule has 0 atom stereocenters. The van der Waals surface area contributed by atoms with Gasteiger partial charge in [0.15, 0.2) is 5.96 Å². The van der Waals surface area contributed by atoms with E-state index in [2.05, 4.69) is 34.8 Å². The zero-order valence-corrected chi connectivity index (χ0v) is 17.4. The first-order valence-electron chi connectivity index (χ1n) is 8.40. The molecular weight excluding hydrogens is 434 g/mol. The van der Waals surface area contributed by atoms with Crippen LogP contribution < -0.4 is 16.0 Å². The Bertz CT molecular complexity index is 602. The van der Waals surface area contributed by atoms with E-state index in [0.29, 0.717) is 25.6 Å². The zero-order chi connectivity index (χ0) is 17.6. The quantitative estimate of drug-likeness (QED) is 0.253. The monoisotopic (exact) mass is 462 g/mol. The molecule has 7 heteroatoms. The van der Waals surface area contributed by atoms with Crippen molar-refractivity contribution in [2.24, 2.45) is 10.9 Å². The third kappa shape index (κ3) is 7.17. The van der Waals surface area contributed by atoms with Crippen LogP contribution in [-0.2, 0) is 10.2 Å². The molecule has 0 bridgehead atoms. The minimum absolute atomic E-state index is 0. The first kappa shape index (κ1) is 21.7. The smallest absolute Gasteiger partial charge is 0.223 e. The van der Waals surface area contributed by atoms with Crippen LogP contribution >= 0.6 is 24.0 Å². The van der Waals surface area contributed by atoms with E-state index in [1.807, 2.05) is 6.07 Å². The highest BCUT2D eigenvalue weighted by Gasteiger charge is 2.29. The third-order valence-corrected chi connectivity index (χ3v) is 4.19. The van der Waals surface area contributed by atoms with Crippen molar-refractivity contribution in [3.05, 3.63) is 35.6 Å². The summed E-state index contributed by atoms with van der Waals surface area (Å²) in [6.45, 7) is 5.90. The second-order valence-corrected chi connectivity index (χ2v) is 6.81. The summed E-state index contributed by atoms with van der Waals surface area (Å²) in [4.78, 5) is 15.7. The van der Waals surface area contributed by atoms with Crippen LogP contribution in [0.1, 0.15) is 32.3 Å². The normalized spacial score (nSPS) is 14.5. The number of benzene rings is 1. The van der Waals surface area contributed by atoms with E-state index in [9.17, 15) is 9.18 Å². The van der Waals surface area contributed by atoms with Crippen molar-refractivity contribution in [2.45, 2.75) is 32.1 Å². The van der Waals surface area contributed by atoms with Gasteiger partial charge in [-0.25, -0.2) is 4.39 Å². The molecule has 140 valence electrons. The molecule has 0 saturated heterocycles. The average Bonchev–Trinajstić information content (AvgIpc) is 3.39. The largest absolute Gasteiger partial charge is 0.356 e. The van der Waals surface area contributed by atoms with Crippen LogP contribution in [0.5, 0.6) is 0 Å². The van der Waals surface area contributed by atoms with Crippen LogP contribution in [0.25, 0.3) is 0 Å². The van der Waals surface area contributed by atoms with Gasteiger partial charge in [-0.2, -0.15) is 0 Å². The first-order valence-corrected chi connectivity index (χ1v) is 8.40. The molecular formula is C18H28FIN4O. The van der Waals surface area contributed by atoms with E-state index in [4.69, 9.17) is 0 Å². The number of hydrogen-bond acceptors (Lipinski definition) is 2. The lowest BCUT2D eigenvalue weighted by Crippen LogP contribution is -2.45. The molecule has 1 amide bonds. The highest BCUT2D eigenvalue weighted by Crippen LogP contribution is 2.28. The number of hydrogen-bond donors (Lipinski definition) is 3. The highest BCUT2D eigenvalue weighted by molar-refractivity contribution is 14.0. The van der Waals surface area contributed by atoms with Gasteiger partial charge in [-0.15, -0.1) is 24.0 Å². The lowest BCUT2D eigenvalue weighted by molar-refractivity contribution is -0.122. The van der Waals surface area contributed by atoms with Gasteiger partial charge in [-0.3, -0.25) is 9.79 Å². The van der Waals surface area contributed by atoms with Gasteiger partial charge < -0.3 is 16.0 Å². The Labute approximate surface area is 166 Å². The molecule has 0 unspecified atom stereocenters. The molecule has 25 heavy (non-hydrogen) atoms. The van der Waals surface area contributed by atoms with Crippen molar-refractivity contribution in [2.75, 3.05) is 26.7 Å². The SMILES string of the molecule is CN=C(NCCNC(=O)C1CC1)NCC(C)(C)c1cccc(F)c1.I. The maximum atomic E-state index is 13.4. The number of amides is 1. The van der Waals surface area contributed by atoms with Gasteiger partial charge in [0.05, 0.1) is 0 Å². The van der Waals surface area contributed by atoms with E-state index in [-0.39, 0.29) is 47.0 Å². The van der Waals surface area contributed by atoms with E-state index < -0.39 is 0 Å². The molecule has 0 spiro atoms. The molecule has 5 nitrogen and oxygen atoms in total. The average molecular weight is 462 g/mol. The van der Waals surface area contributed by atoms with E-state index in [0.717, 1.165) is 18.4 Å². The van der Waals surface area contributed by atoms with Gasteiger partial charge in [0.1, 0.15) is 5.82 Å². The molecule has 1 aliphatic rings. The summed E-state index contributed by atoms with van der Waals surface area (Å²) in [5, 5.41) is 9.33. The number of halogens is 2. The van der Waals surface area contributed by atoms with Gasteiger partial charge in [-0.1, -0.05) is 26.0 Å². The number of nitrogens with zero attached hydrogens (tertiary/aromatic N) is 1. The van der Waals surface area contributed by atoms with E-state index >= 15 is 0 Å². The summed E-state index contributed by atoms with van der Waals surface area (Å²) < 4.78 is 13.4. The molecule has 0 radical (unpaired) electrons. The predicted octanol–water partition coefficient (Wildman–Crippen LogP) is 2.41. The molecule has 3 N–H and O–H groups in total. The number of carbonyl (C=O) groups is 1. The van der Waals surface area contributed by atoms with Crippen LogP contribution in [0.2, 0.25) is 0 Å². The van der Waals surface area contributed by atoms with Crippen molar-refractivity contribution in [3.63, 3.8) is 0 Å². The molecule has 1 fully saturated rings. The molecule has 1 aromatic carbocycles. The van der Waals surface area contributed by atoms with Crippen LogP contribution in [0.4, 0.5) is 4.39 Å². The van der Waals surface area contributed by atoms with Crippen LogP contribution in [0.3, 0.4) is 0 Å². The van der Waals surface area contributed by atoms with Crippen molar-refractivity contribution < 1.29 is 9.18 Å². The Kier molecular flexibility index (Phi) is 8.61. The van der Waals surface area contributed by atoms with Crippen LogP contribution in [0.15, 0.2) is 29.3 Å². The van der Waals surface area contributed by atoms with Gasteiger partial charge in [-0.05, 0) is 30.5 Å². The second kappa shape index (κ2) is 9.94. The Morgan fingerprint density at radius 2 is 1.92 bits per heavy atom. The summed E-state index contributed by atoms with van der Waals surface area (Å²) in [5.74, 6) is 0.816. The Balaban J connectivity index is 0.00000312. The Hall–Kier alpha value is -1.38. The summed E-state index contributed by atoms with van der Waals surface area (Å²) in [6, 6.07) is 6.66. The van der Waals surface area contributed by atoms with Crippen molar-refractivity contribution in [1.29, 1.82) is 0 Å². The number of guanidine groups is 1. The summed E-state index contributed by atoms with van der Waals surface area (Å²) in [5.41, 5.74) is 0.696. The minimum atomic E-state index is -0.236. The van der Waals surface area contributed by atoms with Crippen molar-refractivity contribution in [3.8, 4) is 0 Å². The highest BCUT2D eigenvalue weighted by atomic mass is 127. The molecule has 1 saturated carbocycles. The maximum absolute atomic E-state index is 13.4. The van der Waals surface area contributed by atoms with Crippen LogP contribution in [-0.4, -0.2) is 38.5 Å². The lowest BCUT2D eigenvalue weighted by Gasteiger charge is -2.27. The fourth-order valence-electron chi connectivity index (χ4n) is 2.39. The number of nitrogens with one attached hydrogen (secondary N) is 3. The third-order valence-electron chi connectivity index (χ3n) is 4.19. The number of rotatable bonds is 7. The molecule has 0 heterocycles. The standard InChI is InChI=1S/C18H27FN4O.HI/c1-18(2,14-5-4-6-15(19)11-14)12-23-17(20-3)22-10-9-21-16(24)13-7-8-13;/h4-6,11,13H,7-10,12H2,1-3H3,(H,21,24)(H2,20,22,23);1H. The van der Waals surface area contributed by atoms with Gasteiger partial charge in [0, 0.05) is 38.0 Å². The molecule has 0 aromatic heterocycles. The maximum Gasteiger partial charge on any atom is 0.223 e.